The number of H-pyrrole nitrogens is 1. The summed E-state index contributed by atoms with van der Waals surface area (Å²) in [6.45, 7) is 2.09. The van der Waals surface area contributed by atoms with E-state index >= 15 is 0 Å². The Labute approximate surface area is 170 Å². The van der Waals surface area contributed by atoms with Gasteiger partial charge in [-0.25, -0.2) is 18.3 Å². The average molecular weight is 411 g/mol. The number of rotatable bonds is 6. The lowest BCUT2D eigenvalue weighted by molar-refractivity contribution is 0.491. The van der Waals surface area contributed by atoms with E-state index in [2.05, 4.69) is 29.1 Å². The fraction of sp³-hybridized carbons (Fsp3) is 0.182. The number of nitrogens with zero attached hydrogens (tertiary/aromatic N) is 2. The molecule has 0 radical (unpaired) electrons. The van der Waals surface area contributed by atoms with Crippen LogP contribution in [0.25, 0.3) is 5.65 Å². The minimum absolute atomic E-state index is 0.122. The zero-order chi connectivity index (χ0) is 20.4. The third kappa shape index (κ3) is 3.96. The summed E-state index contributed by atoms with van der Waals surface area (Å²) in [5, 5.41) is 3.16. The van der Waals surface area contributed by atoms with Crippen LogP contribution < -0.4 is 5.56 Å². The molecule has 4 aromatic rings. The Kier molecular flexibility index (Phi) is 5.49. The molecule has 29 heavy (non-hydrogen) atoms. The summed E-state index contributed by atoms with van der Waals surface area (Å²) in [4.78, 5) is 17.3. The maximum atomic E-state index is 13.8. The van der Waals surface area contributed by atoms with Crippen molar-refractivity contribution in [1.82, 2.24) is 14.6 Å². The van der Waals surface area contributed by atoms with Crippen LogP contribution in [0.15, 0.2) is 70.4 Å². The molecule has 0 amide bonds. The maximum Gasteiger partial charge on any atom is 0.272 e. The summed E-state index contributed by atoms with van der Waals surface area (Å²) in [7, 11) is 0. The van der Waals surface area contributed by atoms with Crippen LogP contribution in [0.1, 0.15) is 36.2 Å². The van der Waals surface area contributed by atoms with Gasteiger partial charge in [0.05, 0.1) is 5.69 Å². The lowest BCUT2D eigenvalue weighted by atomic mass is 9.93. The van der Waals surface area contributed by atoms with Gasteiger partial charge in [0.1, 0.15) is 0 Å². The molecular weight excluding hydrogens is 392 g/mol. The number of fused-ring (bicyclic) bond motifs is 1. The topological polar surface area (TPSA) is 50.2 Å². The number of nitrogens with one attached hydrogen (secondary N) is 1. The zero-order valence-electron chi connectivity index (χ0n) is 15.7. The normalized spacial score (nSPS) is 12.4. The lowest BCUT2D eigenvalue weighted by Crippen LogP contribution is -2.15. The fourth-order valence-electron chi connectivity index (χ4n) is 3.38. The molecule has 0 aliphatic rings. The number of aromatic amines is 1. The fourth-order valence-corrected chi connectivity index (χ4v) is 4.23. The predicted octanol–water partition coefficient (Wildman–Crippen LogP) is 5.14. The molecule has 0 fully saturated rings. The average Bonchev–Trinajstić information content (AvgIpc) is 3.15. The van der Waals surface area contributed by atoms with Crippen LogP contribution >= 0.6 is 11.8 Å². The molecule has 148 valence electrons. The second kappa shape index (κ2) is 8.21. The van der Waals surface area contributed by atoms with Crippen LogP contribution in [0.5, 0.6) is 0 Å². The van der Waals surface area contributed by atoms with Crippen LogP contribution in [-0.2, 0) is 5.75 Å². The molecule has 4 rings (SSSR count). The van der Waals surface area contributed by atoms with Crippen molar-refractivity contribution in [3.63, 3.8) is 0 Å². The largest absolute Gasteiger partial charge is 0.293 e. The molecular formula is C22H19F2N3OS. The summed E-state index contributed by atoms with van der Waals surface area (Å²) in [5.41, 5.74) is 2.86. The monoisotopic (exact) mass is 411 g/mol. The van der Waals surface area contributed by atoms with Gasteiger partial charge in [-0.1, -0.05) is 43.3 Å². The van der Waals surface area contributed by atoms with Crippen molar-refractivity contribution in [3.8, 4) is 0 Å². The molecule has 0 aliphatic carbocycles. The Morgan fingerprint density at radius 1 is 1.10 bits per heavy atom. The predicted molar refractivity (Wildman–Crippen MR) is 110 cm³/mol. The second-order valence-electron chi connectivity index (χ2n) is 6.70. The van der Waals surface area contributed by atoms with Crippen LogP contribution in [0.3, 0.4) is 0 Å². The first-order valence-electron chi connectivity index (χ1n) is 9.30. The first-order chi connectivity index (χ1) is 14.1. The molecule has 0 saturated carbocycles. The van der Waals surface area contributed by atoms with Gasteiger partial charge in [-0.2, -0.15) is 0 Å². The minimum Gasteiger partial charge on any atom is -0.293 e. The summed E-state index contributed by atoms with van der Waals surface area (Å²) in [5.74, 6) is -1.38. The maximum absolute atomic E-state index is 13.8. The van der Waals surface area contributed by atoms with E-state index in [1.807, 2.05) is 24.3 Å². The van der Waals surface area contributed by atoms with E-state index in [1.165, 1.54) is 22.7 Å². The van der Waals surface area contributed by atoms with E-state index in [0.717, 1.165) is 35.5 Å². The van der Waals surface area contributed by atoms with Crippen molar-refractivity contribution < 1.29 is 8.78 Å². The molecule has 2 aromatic carbocycles. The Hall–Kier alpha value is -2.93. The Bertz CT molecular complexity index is 1200. The highest BCUT2D eigenvalue weighted by Gasteiger charge is 2.16. The van der Waals surface area contributed by atoms with Crippen molar-refractivity contribution in [1.29, 1.82) is 0 Å². The molecule has 1 atom stereocenters. The van der Waals surface area contributed by atoms with Gasteiger partial charge in [0.2, 0.25) is 0 Å². The molecule has 4 nitrogen and oxygen atoms in total. The van der Waals surface area contributed by atoms with Crippen LogP contribution in [0.4, 0.5) is 8.78 Å². The Morgan fingerprint density at radius 2 is 1.90 bits per heavy atom. The highest BCUT2D eigenvalue weighted by atomic mass is 32.2. The molecule has 0 aliphatic heterocycles. The number of thioether (sulfide) groups is 1. The van der Waals surface area contributed by atoms with Gasteiger partial charge in [-0.15, -0.1) is 11.8 Å². The molecule has 1 N–H and O–H groups in total. The van der Waals surface area contributed by atoms with Crippen molar-refractivity contribution in [2.75, 3.05) is 0 Å². The van der Waals surface area contributed by atoms with Crippen molar-refractivity contribution in [3.05, 3.63) is 99.6 Å². The quantitative estimate of drug-likeness (QED) is 0.447. The number of hydrogen-bond donors (Lipinski definition) is 1. The minimum atomic E-state index is -0.889. The lowest BCUT2D eigenvalue weighted by Gasteiger charge is -2.12. The van der Waals surface area contributed by atoms with Gasteiger partial charge in [0.15, 0.2) is 17.3 Å². The molecule has 2 heterocycles. The Morgan fingerprint density at radius 3 is 2.66 bits per heavy atom. The molecule has 1 unspecified atom stereocenters. The number of hydrogen-bond acceptors (Lipinski definition) is 3. The summed E-state index contributed by atoms with van der Waals surface area (Å²) in [6, 6.07) is 17.4. The van der Waals surface area contributed by atoms with E-state index in [1.54, 1.807) is 0 Å². The summed E-state index contributed by atoms with van der Waals surface area (Å²) < 4.78 is 28.6. The van der Waals surface area contributed by atoms with Crippen molar-refractivity contribution in [2.24, 2.45) is 0 Å². The highest BCUT2D eigenvalue weighted by molar-refractivity contribution is 7.98. The van der Waals surface area contributed by atoms with Gasteiger partial charge in [-0.3, -0.25) is 9.89 Å². The van der Waals surface area contributed by atoms with Gasteiger partial charge < -0.3 is 0 Å². The first kappa shape index (κ1) is 19.4. The van der Waals surface area contributed by atoms with Gasteiger partial charge in [0.25, 0.3) is 5.56 Å². The number of aromatic nitrogens is 3. The molecule has 2 aromatic heterocycles. The van der Waals surface area contributed by atoms with Gasteiger partial charge in [0, 0.05) is 34.4 Å². The molecule has 0 saturated heterocycles. The summed E-state index contributed by atoms with van der Waals surface area (Å²) >= 11 is 1.11. The molecule has 0 spiro atoms. The van der Waals surface area contributed by atoms with Gasteiger partial charge in [-0.05, 0) is 24.1 Å². The van der Waals surface area contributed by atoms with Crippen LogP contribution in [-0.4, -0.2) is 14.6 Å². The highest BCUT2D eigenvalue weighted by Crippen LogP contribution is 2.28. The van der Waals surface area contributed by atoms with E-state index in [-0.39, 0.29) is 22.1 Å². The SMILES string of the molecule is CCC(c1ccccc1)c1cc2nc(CSc3cccc(F)c3F)cc(=O)n2[nH]1. The van der Waals surface area contributed by atoms with Crippen LogP contribution in [0.2, 0.25) is 0 Å². The third-order valence-corrected chi connectivity index (χ3v) is 5.87. The van der Waals surface area contributed by atoms with Crippen molar-refractivity contribution in [2.45, 2.75) is 29.9 Å². The van der Waals surface area contributed by atoms with Crippen molar-refractivity contribution >= 4 is 17.4 Å². The van der Waals surface area contributed by atoms with E-state index < -0.39 is 11.6 Å². The van der Waals surface area contributed by atoms with E-state index in [9.17, 15) is 13.6 Å². The number of halogens is 2. The van der Waals surface area contributed by atoms with Gasteiger partial charge >= 0.3 is 0 Å². The smallest absolute Gasteiger partial charge is 0.272 e. The Balaban J connectivity index is 1.63. The third-order valence-electron chi connectivity index (χ3n) is 4.80. The standard InChI is InChI=1S/C22H19F2N3OS/c1-2-16(14-7-4-3-5-8-14)18-12-20-25-15(11-21(28)27(20)26-18)13-29-19-10-6-9-17(23)22(19)24/h3-12,16,26H,2,13H2,1H3. The first-order valence-corrected chi connectivity index (χ1v) is 10.3. The zero-order valence-corrected chi connectivity index (χ0v) is 16.5. The number of benzene rings is 2. The molecule has 0 bridgehead atoms. The van der Waals surface area contributed by atoms with E-state index in [4.69, 9.17) is 0 Å². The molecule has 7 heteroatoms. The second-order valence-corrected chi connectivity index (χ2v) is 7.72. The van der Waals surface area contributed by atoms with E-state index in [0.29, 0.717) is 11.3 Å². The summed E-state index contributed by atoms with van der Waals surface area (Å²) in [6.07, 6.45) is 0.868. The van der Waals surface area contributed by atoms with Crippen LogP contribution in [0, 0.1) is 11.6 Å².